The van der Waals surface area contributed by atoms with Gasteiger partial charge in [0.1, 0.15) is 0 Å². The highest BCUT2D eigenvalue weighted by Gasteiger charge is 2.14. The summed E-state index contributed by atoms with van der Waals surface area (Å²) < 4.78 is 11.6. The van der Waals surface area contributed by atoms with Crippen LogP contribution in [-0.2, 0) is 9.47 Å². The Balaban J connectivity index is 2.58. The van der Waals surface area contributed by atoms with Crippen molar-refractivity contribution in [1.82, 2.24) is 4.98 Å². The lowest BCUT2D eigenvalue weighted by Gasteiger charge is -2.20. The molecule has 0 unspecified atom stereocenters. The maximum Gasteiger partial charge on any atom is 0.185 e. The summed E-state index contributed by atoms with van der Waals surface area (Å²) in [5.74, 6) is 0.994. The van der Waals surface area contributed by atoms with Crippen molar-refractivity contribution in [3.63, 3.8) is 0 Å². The molecule has 0 N–H and O–H groups in total. The molecule has 17 heavy (non-hydrogen) atoms. The maximum atomic E-state index is 5.78. The van der Waals surface area contributed by atoms with Gasteiger partial charge in [0.2, 0.25) is 0 Å². The van der Waals surface area contributed by atoms with E-state index in [9.17, 15) is 0 Å². The minimum absolute atomic E-state index is 0.298. The van der Waals surface area contributed by atoms with Crippen molar-refractivity contribution >= 4 is 0 Å². The lowest BCUT2D eigenvalue weighted by Crippen LogP contribution is -2.15. The first-order valence-corrected chi connectivity index (χ1v) is 6.22. The molecule has 0 fully saturated rings. The third kappa shape index (κ3) is 5.80. The van der Waals surface area contributed by atoms with Gasteiger partial charge in [0.25, 0.3) is 0 Å². The van der Waals surface area contributed by atoms with Crippen molar-refractivity contribution in [3.8, 4) is 0 Å². The number of pyridine rings is 1. The molecule has 0 aliphatic heterocycles. The Morgan fingerprint density at radius 3 is 2.06 bits per heavy atom. The van der Waals surface area contributed by atoms with Crippen LogP contribution in [0.4, 0.5) is 0 Å². The zero-order valence-corrected chi connectivity index (χ0v) is 11.2. The van der Waals surface area contributed by atoms with Crippen LogP contribution in [0.25, 0.3) is 0 Å². The average Bonchev–Trinajstić information content (AvgIpc) is 2.29. The highest BCUT2D eigenvalue weighted by atomic mass is 16.7. The van der Waals surface area contributed by atoms with Gasteiger partial charge in [0, 0.05) is 18.0 Å². The molecule has 0 bridgehead atoms. The summed E-state index contributed by atoms with van der Waals surface area (Å²) >= 11 is 0. The molecule has 0 amide bonds. The predicted molar refractivity (Wildman–Crippen MR) is 68.6 cm³/mol. The first-order valence-electron chi connectivity index (χ1n) is 6.22. The summed E-state index contributed by atoms with van der Waals surface area (Å²) in [7, 11) is 0. The van der Waals surface area contributed by atoms with Crippen molar-refractivity contribution in [2.24, 2.45) is 11.8 Å². The van der Waals surface area contributed by atoms with E-state index in [0.717, 1.165) is 5.56 Å². The second-order valence-corrected chi connectivity index (χ2v) is 5.07. The Bertz CT molecular complexity index is 286. The maximum absolute atomic E-state index is 5.78. The largest absolute Gasteiger partial charge is 0.348 e. The number of ether oxygens (including phenoxy) is 2. The highest BCUT2D eigenvalue weighted by molar-refractivity contribution is 5.09. The van der Waals surface area contributed by atoms with Crippen molar-refractivity contribution in [2.75, 3.05) is 13.2 Å². The Morgan fingerprint density at radius 2 is 1.65 bits per heavy atom. The second kappa shape index (κ2) is 7.41. The molecule has 1 aromatic rings. The summed E-state index contributed by atoms with van der Waals surface area (Å²) in [5, 5.41) is 0. The molecule has 96 valence electrons. The van der Waals surface area contributed by atoms with Crippen molar-refractivity contribution < 1.29 is 9.47 Å². The van der Waals surface area contributed by atoms with Crippen molar-refractivity contribution in [2.45, 2.75) is 34.0 Å². The molecule has 0 aromatic carbocycles. The molecule has 1 rings (SSSR count). The van der Waals surface area contributed by atoms with Crippen LogP contribution in [0.2, 0.25) is 0 Å². The zero-order chi connectivity index (χ0) is 12.7. The van der Waals surface area contributed by atoms with Crippen LogP contribution in [0.3, 0.4) is 0 Å². The SMILES string of the molecule is CC(C)COC(OCC(C)C)c1cccnc1. The molecular formula is C14H23NO2. The van der Waals surface area contributed by atoms with Crippen LogP contribution in [0, 0.1) is 11.8 Å². The molecule has 3 nitrogen and oxygen atoms in total. The van der Waals surface area contributed by atoms with Gasteiger partial charge in [-0.1, -0.05) is 33.8 Å². The van der Waals surface area contributed by atoms with Gasteiger partial charge < -0.3 is 9.47 Å². The van der Waals surface area contributed by atoms with E-state index in [4.69, 9.17) is 9.47 Å². The number of hydrogen-bond donors (Lipinski definition) is 0. The second-order valence-electron chi connectivity index (χ2n) is 5.07. The normalized spacial score (nSPS) is 11.7. The van der Waals surface area contributed by atoms with Gasteiger partial charge in [-0.05, 0) is 17.9 Å². The van der Waals surface area contributed by atoms with Crippen molar-refractivity contribution in [1.29, 1.82) is 0 Å². The lowest BCUT2D eigenvalue weighted by molar-refractivity contribution is -0.158. The highest BCUT2D eigenvalue weighted by Crippen LogP contribution is 2.19. The minimum atomic E-state index is -0.298. The standard InChI is InChI=1S/C14H23NO2/c1-11(2)9-16-14(17-10-12(3)4)13-6-5-7-15-8-13/h5-8,11-12,14H,9-10H2,1-4H3. The summed E-state index contributed by atoms with van der Waals surface area (Å²) in [5.41, 5.74) is 0.980. The molecule has 1 heterocycles. The average molecular weight is 237 g/mol. The zero-order valence-electron chi connectivity index (χ0n) is 11.2. The first-order chi connectivity index (χ1) is 8.09. The Kier molecular flexibility index (Phi) is 6.16. The number of nitrogens with zero attached hydrogens (tertiary/aromatic N) is 1. The van der Waals surface area contributed by atoms with Gasteiger partial charge in [-0.25, -0.2) is 0 Å². The Morgan fingerprint density at radius 1 is 1.06 bits per heavy atom. The molecule has 0 aliphatic carbocycles. The fraction of sp³-hybridized carbons (Fsp3) is 0.643. The fourth-order valence-electron chi connectivity index (χ4n) is 1.32. The van der Waals surface area contributed by atoms with Gasteiger partial charge in [-0.2, -0.15) is 0 Å². The van der Waals surface area contributed by atoms with Crippen LogP contribution in [0.5, 0.6) is 0 Å². The predicted octanol–water partition coefficient (Wildman–Crippen LogP) is 3.43. The van der Waals surface area contributed by atoms with E-state index < -0.39 is 0 Å². The third-order valence-electron chi connectivity index (χ3n) is 2.12. The fourth-order valence-corrected chi connectivity index (χ4v) is 1.32. The molecule has 3 heteroatoms. The van der Waals surface area contributed by atoms with E-state index in [-0.39, 0.29) is 6.29 Å². The monoisotopic (exact) mass is 237 g/mol. The van der Waals surface area contributed by atoms with E-state index in [1.165, 1.54) is 0 Å². The molecule has 0 saturated carbocycles. The van der Waals surface area contributed by atoms with E-state index >= 15 is 0 Å². The number of rotatable bonds is 7. The molecule has 0 aliphatic rings. The van der Waals surface area contributed by atoms with Crippen LogP contribution < -0.4 is 0 Å². The molecule has 0 saturated heterocycles. The van der Waals surface area contributed by atoms with Gasteiger partial charge in [0.15, 0.2) is 6.29 Å². The minimum Gasteiger partial charge on any atom is -0.348 e. The van der Waals surface area contributed by atoms with Gasteiger partial charge in [-0.15, -0.1) is 0 Å². The molecule has 0 spiro atoms. The molecule has 0 radical (unpaired) electrons. The Hall–Kier alpha value is -0.930. The van der Waals surface area contributed by atoms with Crippen LogP contribution >= 0.6 is 0 Å². The van der Waals surface area contributed by atoms with E-state index in [1.807, 2.05) is 12.1 Å². The smallest absolute Gasteiger partial charge is 0.185 e. The summed E-state index contributed by atoms with van der Waals surface area (Å²) in [6.07, 6.45) is 3.25. The summed E-state index contributed by atoms with van der Waals surface area (Å²) in [6, 6.07) is 3.89. The number of aromatic nitrogens is 1. The molecule has 1 aromatic heterocycles. The quantitative estimate of drug-likeness (QED) is 0.681. The molecular weight excluding hydrogens is 214 g/mol. The summed E-state index contributed by atoms with van der Waals surface area (Å²) in [6.45, 7) is 9.90. The van der Waals surface area contributed by atoms with Gasteiger partial charge in [-0.3, -0.25) is 4.98 Å². The first kappa shape index (κ1) is 14.1. The third-order valence-corrected chi connectivity index (χ3v) is 2.12. The van der Waals surface area contributed by atoms with Crippen LogP contribution in [-0.4, -0.2) is 18.2 Å². The van der Waals surface area contributed by atoms with E-state index in [2.05, 4.69) is 32.7 Å². The van der Waals surface area contributed by atoms with Gasteiger partial charge in [0.05, 0.1) is 13.2 Å². The van der Waals surface area contributed by atoms with Crippen LogP contribution in [0.1, 0.15) is 39.5 Å². The topological polar surface area (TPSA) is 31.4 Å². The van der Waals surface area contributed by atoms with Crippen molar-refractivity contribution in [3.05, 3.63) is 30.1 Å². The lowest BCUT2D eigenvalue weighted by atomic mass is 10.2. The van der Waals surface area contributed by atoms with Crippen LogP contribution in [0.15, 0.2) is 24.5 Å². The molecule has 0 atom stereocenters. The van der Waals surface area contributed by atoms with E-state index in [1.54, 1.807) is 12.4 Å². The Labute approximate surface area is 104 Å². The van der Waals surface area contributed by atoms with E-state index in [0.29, 0.717) is 25.0 Å². The van der Waals surface area contributed by atoms with Gasteiger partial charge >= 0.3 is 0 Å². The summed E-state index contributed by atoms with van der Waals surface area (Å²) in [4.78, 5) is 4.10. The number of hydrogen-bond acceptors (Lipinski definition) is 3.